The summed E-state index contributed by atoms with van der Waals surface area (Å²) in [7, 11) is 1.47. The molecule has 0 aromatic rings. The largest absolute Gasteiger partial charge is 0.469 e. The van der Waals surface area contributed by atoms with Gasteiger partial charge in [-0.15, -0.1) is 0 Å². The van der Waals surface area contributed by atoms with Gasteiger partial charge in [-0.2, -0.15) is 0 Å². The van der Waals surface area contributed by atoms with E-state index in [1.54, 1.807) is 0 Å². The zero-order valence-electron chi connectivity index (χ0n) is 15.5. The first-order valence-electron chi connectivity index (χ1n) is 9.06. The topological polar surface area (TPSA) is 59.1 Å². The smallest absolute Gasteiger partial charge is 0.410 e. The first kappa shape index (κ1) is 19.0. The second-order valence-electron chi connectivity index (χ2n) is 8.01. The van der Waals surface area contributed by atoms with Gasteiger partial charge in [0.05, 0.1) is 13.0 Å². The summed E-state index contributed by atoms with van der Waals surface area (Å²) in [5.74, 6) is 0.624. The number of carbonyl (C=O) groups is 2. The van der Waals surface area contributed by atoms with Crippen LogP contribution in [0.3, 0.4) is 0 Å². The van der Waals surface area contributed by atoms with Crippen molar-refractivity contribution in [2.24, 2.45) is 11.8 Å². The lowest BCUT2D eigenvalue weighted by atomic mass is 9.93. The van der Waals surface area contributed by atoms with Crippen molar-refractivity contribution in [3.63, 3.8) is 0 Å². The van der Waals surface area contributed by atoms with E-state index in [2.05, 4.69) is 4.90 Å². The summed E-state index contributed by atoms with van der Waals surface area (Å²) in [6, 6.07) is 0. The van der Waals surface area contributed by atoms with Gasteiger partial charge in [-0.25, -0.2) is 4.79 Å². The van der Waals surface area contributed by atoms with Crippen molar-refractivity contribution < 1.29 is 19.1 Å². The maximum atomic E-state index is 12.1. The highest BCUT2D eigenvalue weighted by atomic mass is 16.6. The van der Waals surface area contributed by atoms with Crippen molar-refractivity contribution in [3.05, 3.63) is 0 Å². The molecular formula is C18H32N2O4. The molecule has 0 saturated carbocycles. The zero-order valence-corrected chi connectivity index (χ0v) is 15.5. The minimum absolute atomic E-state index is 0.0691. The minimum Gasteiger partial charge on any atom is -0.469 e. The Balaban J connectivity index is 1.69. The summed E-state index contributed by atoms with van der Waals surface area (Å²) in [6.45, 7) is 10.2. The third kappa shape index (κ3) is 5.65. The fourth-order valence-corrected chi connectivity index (χ4v) is 3.51. The summed E-state index contributed by atoms with van der Waals surface area (Å²) >= 11 is 0. The summed E-state index contributed by atoms with van der Waals surface area (Å²) in [4.78, 5) is 27.9. The molecule has 0 N–H and O–H groups in total. The van der Waals surface area contributed by atoms with Gasteiger partial charge in [0.25, 0.3) is 0 Å². The molecule has 6 nitrogen and oxygen atoms in total. The first-order valence-corrected chi connectivity index (χ1v) is 9.06. The Kier molecular flexibility index (Phi) is 6.49. The third-order valence-corrected chi connectivity index (χ3v) is 4.90. The number of nitrogens with zero attached hydrogens (tertiary/aromatic N) is 2. The first-order chi connectivity index (χ1) is 11.3. The SMILES string of the molecule is COC(=O)C1CCN(CC2CCN(C(=O)OC(C)(C)C)CC2)CC1. The van der Waals surface area contributed by atoms with Gasteiger partial charge in [0.2, 0.25) is 0 Å². The standard InChI is InChI=1S/C18H32N2O4/c1-18(2,3)24-17(22)20-11-5-14(6-12-20)13-19-9-7-15(8-10-19)16(21)23-4/h14-15H,5-13H2,1-4H3. The second-order valence-corrected chi connectivity index (χ2v) is 8.01. The molecule has 2 rings (SSSR count). The summed E-state index contributed by atoms with van der Waals surface area (Å²) in [5, 5.41) is 0. The molecule has 0 aromatic heterocycles. The molecule has 2 fully saturated rings. The summed E-state index contributed by atoms with van der Waals surface area (Å²) < 4.78 is 10.3. The maximum Gasteiger partial charge on any atom is 0.410 e. The molecular weight excluding hydrogens is 308 g/mol. The number of esters is 1. The highest BCUT2D eigenvalue weighted by molar-refractivity contribution is 5.72. The summed E-state index contributed by atoms with van der Waals surface area (Å²) in [6.07, 6.45) is 3.64. The van der Waals surface area contributed by atoms with Crippen LogP contribution in [-0.2, 0) is 14.3 Å². The van der Waals surface area contributed by atoms with E-state index in [9.17, 15) is 9.59 Å². The van der Waals surface area contributed by atoms with Crippen LogP contribution in [0, 0.1) is 11.8 Å². The monoisotopic (exact) mass is 340 g/mol. The predicted molar refractivity (Wildman–Crippen MR) is 91.7 cm³/mol. The van der Waals surface area contributed by atoms with Crippen LogP contribution < -0.4 is 0 Å². The van der Waals surface area contributed by atoms with Crippen LogP contribution >= 0.6 is 0 Å². The Morgan fingerprint density at radius 3 is 2.08 bits per heavy atom. The molecule has 138 valence electrons. The van der Waals surface area contributed by atoms with Crippen LogP contribution in [0.4, 0.5) is 4.79 Å². The van der Waals surface area contributed by atoms with Crippen molar-refractivity contribution >= 4 is 12.1 Å². The van der Waals surface area contributed by atoms with Gasteiger partial charge in [0.15, 0.2) is 0 Å². The molecule has 2 aliphatic rings. The minimum atomic E-state index is -0.433. The van der Waals surface area contributed by atoms with E-state index in [-0.39, 0.29) is 18.0 Å². The number of hydrogen-bond donors (Lipinski definition) is 0. The predicted octanol–water partition coefficient (Wildman–Crippen LogP) is 2.52. The number of likely N-dealkylation sites (tertiary alicyclic amines) is 2. The molecule has 0 unspecified atom stereocenters. The molecule has 0 radical (unpaired) electrons. The molecule has 0 aromatic carbocycles. The number of ether oxygens (including phenoxy) is 2. The van der Waals surface area contributed by atoms with Crippen molar-refractivity contribution in [1.82, 2.24) is 9.80 Å². The molecule has 2 saturated heterocycles. The lowest BCUT2D eigenvalue weighted by Crippen LogP contribution is -2.45. The normalized spacial score (nSPS) is 21.6. The highest BCUT2D eigenvalue weighted by Gasteiger charge is 2.30. The highest BCUT2D eigenvalue weighted by Crippen LogP contribution is 2.24. The number of carbonyl (C=O) groups excluding carboxylic acids is 2. The zero-order chi connectivity index (χ0) is 17.7. The molecule has 6 heteroatoms. The van der Waals surface area contributed by atoms with Gasteiger partial charge in [0, 0.05) is 19.6 Å². The Bertz CT molecular complexity index is 431. The molecule has 0 bridgehead atoms. The fourth-order valence-electron chi connectivity index (χ4n) is 3.51. The van der Waals surface area contributed by atoms with Crippen LogP contribution in [0.2, 0.25) is 0 Å². The van der Waals surface area contributed by atoms with E-state index in [0.717, 1.165) is 58.4 Å². The lowest BCUT2D eigenvalue weighted by molar-refractivity contribution is -0.147. The molecule has 0 aliphatic carbocycles. The molecule has 1 amide bonds. The van der Waals surface area contributed by atoms with E-state index < -0.39 is 5.60 Å². The van der Waals surface area contributed by atoms with Crippen LogP contribution in [0.15, 0.2) is 0 Å². The number of methoxy groups -OCH3 is 1. The lowest BCUT2D eigenvalue weighted by Gasteiger charge is -2.37. The summed E-state index contributed by atoms with van der Waals surface area (Å²) in [5.41, 5.74) is -0.433. The van der Waals surface area contributed by atoms with Gasteiger partial charge < -0.3 is 19.3 Å². The van der Waals surface area contributed by atoms with Crippen molar-refractivity contribution in [2.75, 3.05) is 39.8 Å². The molecule has 2 heterocycles. The maximum absolute atomic E-state index is 12.1. The quantitative estimate of drug-likeness (QED) is 0.739. The van der Waals surface area contributed by atoms with E-state index in [4.69, 9.17) is 9.47 Å². The van der Waals surface area contributed by atoms with Crippen molar-refractivity contribution in [2.45, 2.75) is 52.1 Å². The van der Waals surface area contributed by atoms with E-state index in [1.165, 1.54) is 7.11 Å². The van der Waals surface area contributed by atoms with Crippen LogP contribution in [0.1, 0.15) is 46.5 Å². The van der Waals surface area contributed by atoms with Gasteiger partial charge in [-0.05, 0) is 65.5 Å². The van der Waals surface area contributed by atoms with Crippen LogP contribution in [0.5, 0.6) is 0 Å². The van der Waals surface area contributed by atoms with Gasteiger partial charge in [-0.3, -0.25) is 4.79 Å². The van der Waals surface area contributed by atoms with Crippen LogP contribution in [0.25, 0.3) is 0 Å². The average molecular weight is 340 g/mol. The number of amides is 1. The molecule has 0 spiro atoms. The molecule has 0 atom stereocenters. The van der Waals surface area contributed by atoms with Gasteiger partial charge in [0.1, 0.15) is 5.60 Å². The average Bonchev–Trinajstić information content (AvgIpc) is 2.54. The van der Waals surface area contributed by atoms with Crippen molar-refractivity contribution in [1.29, 1.82) is 0 Å². The number of piperidine rings is 2. The van der Waals surface area contributed by atoms with Gasteiger partial charge >= 0.3 is 12.1 Å². The van der Waals surface area contributed by atoms with E-state index in [0.29, 0.717) is 5.92 Å². The van der Waals surface area contributed by atoms with Crippen LogP contribution in [-0.4, -0.2) is 67.3 Å². The second kappa shape index (κ2) is 8.19. The third-order valence-electron chi connectivity index (χ3n) is 4.90. The Hall–Kier alpha value is -1.30. The van der Waals surface area contributed by atoms with Crippen molar-refractivity contribution in [3.8, 4) is 0 Å². The Labute approximate surface area is 145 Å². The fraction of sp³-hybridized carbons (Fsp3) is 0.889. The van der Waals surface area contributed by atoms with E-state index in [1.807, 2.05) is 25.7 Å². The van der Waals surface area contributed by atoms with Gasteiger partial charge in [-0.1, -0.05) is 0 Å². The molecule has 2 aliphatic heterocycles. The number of rotatable bonds is 3. The number of hydrogen-bond acceptors (Lipinski definition) is 5. The molecule has 24 heavy (non-hydrogen) atoms. The Morgan fingerprint density at radius 1 is 1.00 bits per heavy atom. The Morgan fingerprint density at radius 2 is 1.58 bits per heavy atom. The van der Waals surface area contributed by atoms with E-state index >= 15 is 0 Å².